The molecule has 0 aliphatic carbocycles. The van der Waals surface area contributed by atoms with E-state index in [1.54, 1.807) is 0 Å². The summed E-state index contributed by atoms with van der Waals surface area (Å²) in [5, 5.41) is 13.8. The molecule has 0 aliphatic rings. The van der Waals surface area contributed by atoms with Gasteiger partial charge in [0.05, 0.1) is 0 Å². The molecule has 8 heteroatoms. The van der Waals surface area contributed by atoms with Crippen molar-refractivity contribution in [2.45, 2.75) is 12.3 Å². The van der Waals surface area contributed by atoms with Crippen LogP contribution in [0.3, 0.4) is 0 Å². The molecule has 2 aromatic heterocycles. The molecule has 0 radical (unpaired) electrons. The fourth-order valence-corrected chi connectivity index (χ4v) is 1.07. The molecule has 0 unspecified atom stereocenters. The van der Waals surface area contributed by atoms with E-state index in [0.717, 1.165) is 0 Å². The fraction of sp³-hybridized carbons (Fsp3) is 0.429. The van der Waals surface area contributed by atoms with Crippen molar-refractivity contribution < 1.29 is 8.94 Å². The third-order valence-electron chi connectivity index (χ3n) is 1.60. The second-order valence-corrected chi connectivity index (χ2v) is 2.91. The minimum atomic E-state index is 0.207. The molecule has 0 aliphatic heterocycles. The molecule has 0 saturated carbocycles. The summed E-state index contributed by atoms with van der Waals surface area (Å²) in [6.45, 7) is 0.576. The Morgan fingerprint density at radius 2 is 2.27 bits per heavy atom. The molecule has 2 rings (SSSR count). The molecule has 0 fully saturated rings. The van der Waals surface area contributed by atoms with Crippen LogP contribution < -0.4 is 5.32 Å². The van der Waals surface area contributed by atoms with Gasteiger partial charge < -0.3 is 14.3 Å². The van der Waals surface area contributed by atoms with Gasteiger partial charge in [0.1, 0.15) is 5.88 Å². The van der Waals surface area contributed by atoms with Crippen LogP contribution in [-0.2, 0) is 12.3 Å². The number of nitrogens with one attached hydrogen (secondary N) is 1. The van der Waals surface area contributed by atoms with E-state index >= 15 is 0 Å². The Labute approximate surface area is 89.8 Å². The van der Waals surface area contributed by atoms with Crippen LogP contribution in [0.5, 0.6) is 0 Å². The molecule has 0 bridgehead atoms. The maximum absolute atomic E-state index is 5.50. The zero-order valence-electron chi connectivity index (χ0n) is 7.68. The van der Waals surface area contributed by atoms with E-state index < -0.39 is 0 Å². The van der Waals surface area contributed by atoms with Crippen molar-refractivity contribution in [1.29, 1.82) is 0 Å². The van der Waals surface area contributed by atoms with Gasteiger partial charge in [0, 0.05) is 13.0 Å². The number of aromatic nitrogens is 4. The molecule has 0 spiro atoms. The topological polar surface area (TPSA) is 89.9 Å². The summed E-state index contributed by atoms with van der Waals surface area (Å²) in [4.78, 5) is 3.86. The number of anilines is 1. The average molecular weight is 230 g/mol. The lowest BCUT2D eigenvalue weighted by atomic mass is 10.4. The van der Waals surface area contributed by atoms with Crippen LogP contribution in [0.15, 0.2) is 15.3 Å². The predicted octanol–water partition coefficient (Wildman–Crippen LogP) is 0.846. The first-order chi connectivity index (χ1) is 7.38. The van der Waals surface area contributed by atoms with E-state index in [9.17, 15) is 0 Å². The SMILES string of the molecule is ClCc1nnc(NCCc2ncno2)o1. The summed E-state index contributed by atoms with van der Waals surface area (Å²) in [6.07, 6.45) is 1.95. The number of hydrogen-bond donors (Lipinski definition) is 1. The summed E-state index contributed by atoms with van der Waals surface area (Å²) >= 11 is 5.50. The van der Waals surface area contributed by atoms with Gasteiger partial charge in [-0.3, -0.25) is 0 Å². The van der Waals surface area contributed by atoms with Crippen molar-refractivity contribution in [2.75, 3.05) is 11.9 Å². The van der Waals surface area contributed by atoms with Crippen LogP contribution in [0.25, 0.3) is 0 Å². The Hall–Kier alpha value is -1.63. The molecular weight excluding hydrogens is 222 g/mol. The quantitative estimate of drug-likeness (QED) is 0.760. The number of nitrogens with zero attached hydrogens (tertiary/aromatic N) is 4. The molecule has 0 atom stereocenters. The zero-order valence-corrected chi connectivity index (χ0v) is 8.44. The van der Waals surface area contributed by atoms with Crippen molar-refractivity contribution in [2.24, 2.45) is 0 Å². The molecule has 15 heavy (non-hydrogen) atoms. The molecule has 2 aromatic rings. The maximum Gasteiger partial charge on any atom is 0.315 e. The Balaban J connectivity index is 1.78. The molecule has 1 N–H and O–H groups in total. The lowest BCUT2D eigenvalue weighted by Gasteiger charge is -1.96. The first kappa shape index (κ1) is 9.91. The smallest absolute Gasteiger partial charge is 0.315 e. The molecule has 80 valence electrons. The van der Waals surface area contributed by atoms with E-state index in [4.69, 9.17) is 20.5 Å². The van der Waals surface area contributed by atoms with E-state index in [-0.39, 0.29) is 5.88 Å². The summed E-state index contributed by atoms with van der Waals surface area (Å²) in [5.41, 5.74) is 0. The summed E-state index contributed by atoms with van der Waals surface area (Å²) in [6, 6.07) is 0.338. The van der Waals surface area contributed by atoms with Crippen LogP contribution in [0, 0.1) is 0 Å². The Morgan fingerprint density at radius 3 is 2.93 bits per heavy atom. The van der Waals surface area contributed by atoms with Gasteiger partial charge in [-0.25, -0.2) is 0 Å². The highest BCUT2D eigenvalue weighted by Crippen LogP contribution is 2.07. The summed E-state index contributed by atoms with van der Waals surface area (Å²) in [5.74, 6) is 1.15. The first-order valence-corrected chi connectivity index (χ1v) is 4.79. The van der Waals surface area contributed by atoms with Gasteiger partial charge in [-0.15, -0.1) is 16.7 Å². The average Bonchev–Trinajstić information content (AvgIpc) is 2.88. The van der Waals surface area contributed by atoms with Crippen LogP contribution in [0.2, 0.25) is 0 Å². The van der Waals surface area contributed by atoms with E-state index in [0.29, 0.717) is 30.8 Å². The van der Waals surface area contributed by atoms with Crippen molar-refractivity contribution in [1.82, 2.24) is 20.3 Å². The first-order valence-electron chi connectivity index (χ1n) is 4.26. The largest absolute Gasteiger partial charge is 0.407 e. The van der Waals surface area contributed by atoms with E-state index in [2.05, 4.69) is 25.7 Å². The summed E-state index contributed by atoms with van der Waals surface area (Å²) < 4.78 is 9.93. The van der Waals surface area contributed by atoms with Gasteiger partial charge in [-0.1, -0.05) is 10.3 Å². The second-order valence-electron chi connectivity index (χ2n) is 2.65. The predicted molar refractivity (Wildman–Crippen MR) is 50.3 cm³/mol. The highest BCUT2D eigenvalue weighted by atomic mass is 35.5. The lowest BCUT2D eigenvalue weighted by molar-refractivity contribution is 0.379. The second kappa shape index (κ2) is 4.74. The van der Waals surface area contributed by atoms with Crippen LogP contribution >= 0.6 is 11.6 Å². The van der Waals surface area contributed by atoms with Gasteiger partial charge in [-0.2, -0.15) is 4.98 Å². The maximum atomic E-state index is 5.50. The molecule has 7 nitrogen and oxygen atoms in total. The standard InChI is InChI=1S/C7H8ClN5O2/c8-3-6-12-13-7(14-6)9-2-1-5-10-4-11-15-5/h4H,1-3H2,(H,9,13). The molecule has 0 saturated heterocycles. The van der Waals surface area contributed by atoms with Crippen LogP contribution in [-0.4, -0.2) is 26.9 Å². The molecule has 0 aromatic carbocycles. The normalized spacial score (nSPS) is 10.5. The van der Waals surface area contributed by atoms with Gasteiger partial charge >= 0.3 is 6.01 Å². The third-order valence-corrected chi connectivity index (χ3v) is 1.83. The minimum Gasteiger partial charge on any atom is -0.407 e. The number of halogens is 1. The Morgan fingerprint density at radius 1 is 1.33 bits per heavy atom. The highest BCUT2D eigenvalue weighted by molar-refractivity contribution is 6.16. The number of alkyl halides is 1. The van der Waals surface area contributed by atoms with Crippen molar-refractivity contribution in [3.8, 4) is 0 Å². The van der Waals surface area contributed by atoms with E-state index in [1.807, 2.05) is 0 Å². The number of hydrogen-bond acceptors (Lipinski definition) is 7. The Bertz CT molecular complexity index is 401. The number of rotatable bonds is 5. The molecular formula is C7H8ClN5O2. The molecule has 0 amide bonds. The van der Waals surface area contributed by atoms with E-state index in [1.165, 1.54) is 6.33 Å². The van der Waals surface area contributed by atoms with Gasteiger partial charge in [0.25, 0.3) is 0 Å². The van der Waals surface area contributed by atoms with Crippen molar-refractivity contribution >= 4 is 17.6 Å². The van der Waals surface area contributed by atoms with Crippen LogP contribution in [0.1, 0.15) is 11.8 Å². The van der Waals surface area contributed by atoms with Gasteiger partial charge in [0.15, 0.2) is 6.33 Å². The van der Waals surface area contributed by atoms with Crippen LogP contribution in [0.4, 0.5) is 6.01 Å². The summed E-state index contributed by atoms with van der Waals surface area (Å²) in [7, 11) is 0. The van der Waals surface area contributed by atoms with Gasteiger partial charge in [-0.05, 0) is 0 Å². The monoisotopic (exact) mass is 229 g/mol. The zero-order chi connectivity index (χ0) is 10.5. The van der Waals surface area contributed by atoms with Gasteiger partial charge in [0.2, 0.25) is 11.8 Å². The minimum absolute atomic E-state index is 0.207. The van der Waals surface area contributed by atoms with Crippen molar-refractivity contribution in [3.05, 3.63) is 18.1 Å². The third kappa shape index (κ3) is 2.66. The Kier molecular flexibility index (Phi) is 3.13. The van der Waals surface area contributed by atoms with Crippen molar-refractivity contribution in [3.63, 3.8) is 0 Å². The highest BCUT2D eigenvalue weighted by Gasteiger charge is 2.04. The molecule has 2 heterocycles. The fourth-order valence-electron chi connectivity index (χ4n) is 0.962. The lowest BCUT2D eigenvalue weighted by Crippen LogP contribution is -2.05.